The molecule has 0 aliphatic carbocycles. The quantitative estimate of drug-likeness (QED) is 0.190. The van der Waals surface area contributed by atoms with Crippen molar-refractivity contribution in [1.29, 1.82) is 0 Å². The lowest BCUT2D eigenvalue weighted by molar-refractivity contribution is -0.137. The van der Waals surface area contributed by atoms with Crippen molar-refractivity contribution in [2.24, 2.45) is 5.41 Å². The summed E-state index contributed by atoms with van der Waals surface area (Å²) < 4.78 is 2.28. The van der Waals surface area contributed by atoms with E-state index in [0.29, 0.717) is 18.5 Å². The Bertz CT molecular complexity index is 1700. The SMILES string of the molecule is O=C1N(Cc2ccccc2)CCC1(CCN1CCC(Nc2nc3ccccc3n2Cc2cccnc2)CC1)Cc1ccccc1. The van der Waals surface area contributed by atoms with Crippen LogP contribution in [-0.4, -0.2) is 62.5 Å². The first kappa shape index (κ1) is 29.2. The maximum absolute atomic E-state index is 14.1. The Labute approximate surface area is 265 Å². The number of aromatic nitrogens is 3. The van der Waals surface area contributed by atoms with E-state index in [0.717, 1.165) is 87.4 Å². The third kappa shape index (κ3) is 6.64. The smallest absolute Gasteiger partial charge is 0.229 e. The molecule has 2 fully saturated rings. The molecule has 7 rings (SSSR count). The average Bonchev–Trinajstić information content (AvgIpc) is 3.58. The molecule has 1 unspecified atom stereocenters. The van der Waals surface area contributed by atoms with Crippen LogP contribution in [-0.2, 0) is 24.3 Å². The molecule has 0 spiro atoms. The molecule has 7 nitrogen and oxygen atoms in total. The fourth-order valence-electron chi connectivity index (χ4n) is 7.19. The summed E-state index contributed by atoms with van der Waals surface area (Å²) in [6.45, 7) is 5.23. The predicted octanol–water partition coefficient (Wildman–Crippen LogP) is 6.41. The number of rotatable bonds is 11. The van der Waals surface area contributed by atoms with Crippen LogP contribution in [0.1, 0.15) is 42.4 Å². The summed E-state index contributed by atoms with van der Waals surface area (Å²) in [6, 6.07) is 33.8. The van der Waals surface area contributed by atoms with Crippen molar-refractivity contribution in [3.63, 3.8) is 0 Å². The summed E-state index contributed by atoms with van der Waals surface area (Å²) in [4.78, 5) is 28.0. The van der Waals surface area contributed by atoms with Crippen LogP contribution < -0.4 is 5.32 Å². The summed E-state index contributed by atoms with van der Waals surface area (Å²) in [5.41, 5.74) is 5.41. The van der Waals surface area contributed by atoms with Crippen molar-refractivity contribution < 1.29 is 4.79 Å². The molecule has 5 aromatic rings. The highest BCUT2D eigenvalue weighted by Gasteiger charge is 2.46. The Morgan fingerprint density at radius 2 is 1.49 bits per heavy atom. The number of hydrogen-bond donors (Lipinski definition) is 1. The van der Waals surface area contributed by atoms with E-state index < -0.39 is 0 Å². The van der Waals surface area contributed by atoms with E-state index >= 15 is 0 Å². The molecule has 2 saturated heterocycles. The number of carbonyl (C=O) groups excluding carboxylic acids is 1. The molecule has 0 bridgehead atoms. The second-order valence-corrected chi connectivity index (χ2v) is 12.8. The first-order valence-corrected chi connectivity index (χ1v) is 16.4. The molecule has 45 heavy (non-hydrogen) atoms. The Kier molecular flexibility index (Phi) is 8.61. The van der Waals surface area contributed by atoms with Crippen LogP contribution in [0, 0.1) is 5.41 Å². The average molecular weight is 599 g/mol. The summed E-state index contributed by atoms with van der Waals surface area (Å²) >= 11 is 0. The van der Waals surface area contributed by atoms with Crippen LogP contribution in [0.5, 0.6) is 0 Å². The van der Waals surface area contributed by atoms with Crippen LogP contribution >= 0.6 is 0 Å². The van der Waals surface area contributed by atoms with Gasteiger partial charge in [-0.1, -0.05) is 78.9 Å². The van der Waals surface area contributed by atoms with Gasteiger partial charge in [0, 0.05) is 44.6 Å². The number of benzene rings is 3. The van der Waals surface area contributed by atoms with E-state index in [1.165, 1.54) is 11.1 Å². The molecule has 0 saturated carbocycles. The maximum Gasteiger partial charge on any atom is 0.229 e. The molecule has 3 aromatic carbocycles. The number of nitrogens with one attached hydrogen (secondary N) is 1. The third-order valence-electron chi connectivity index (χ3n) is 9.75. The molecule has 230 valence electrons. The molecule has 7 heteroatoms. The topological polar surface area (TPSA) is 66.3 Å². The number of imidazole rings is 1. The molecule has 4 heterocycles. The zero-order valence-electron chi connectivity index (χ0n) is 25.9. The van der Waals surface area contributed by atoms with E-state index in [2.05, 4.69) is 104 Å². The predicted molar refractivity (Wildman–Crippen MR) is 180 cm³/mol. The first-order valence-electron chi connectivity index (χ1n) is 16.4. The lowest BCUT2D eigenvalue weighted by Gasteiger charge is -2.35. The normalized spacial score (nSPS) is 19.4. The minimum atomic E-state index is -0.345. The second kappa shape index (κ2) is 13.2. The third-order valence-corrected chi connectivity index (χ3v) is 9.75. The number of amides is 1. The van der Waals surface area contributed by atoms with Gasteiger partial charge in [0.15, 0.2) is 0 Å². The van der Waals surface area contributed by atoms with Crippen LogP contribution in [0.3, 0.4) is 0 Å². The van der Waals surface area contributed by atoms with Gasteiger partial charge in [-0.15, -0.1) is 0 Å². The Morgan fingerprint density at radius 1 is 0.778 bits per heavy atom. The number of para-hydroxylation sites is 2. The first-order chi connectivity index (χ1) is 22.1. The van der Waals surface area contributed by atoms with Crippen molar-refractivity contribution in [1.82, 2.24) is 24.3 Å². The van der Waals surface area contributed by atoms with E-state index in [1.54, 1.807) is 0 Å². The van der Waals surface area contributed by atoms with Crippen LogP contribution in [0.25, 0.3) is 11.0 Å². The minimum absolute atomic E-state index is 0.319. The summed E-state index contributed by atoms with van der Waals surface area (Å²) in [5, 5.41) is 3.80. The van der Waals surface area contributed by atoms with Gasteiger partial charge in [-0.2, -0.15) is 0 Å². The number of likely N-dealkylation sites (tertiary alicyclic amines) is 2. The number of nitrogens with zero attached hydrogens (tertiary/aromatic N) is 5. The minimum Gasteiger partial charge on any atom is -0.353 e. The summed E-state index contributed by atoms with van der Waals surface area (Å²) in [7, 11) is 0. The van der Waals surface area contributed by atoms with Gasteiger partial charge in [0.2, 0.25) is 11.9 Å². The number of anilines is 1. The highest BCUT2D eigenvalue weighted by atomic mass is 16.2. The lowest BCUT2D eigenvalue weighted by Crippen LogP contribution is -2.43. The van der Waals surface area contributed by atoms with Crippen LogP contribution in [0.15, 0.2) is 109 Å². The van der Waals surface area contributed by atoms with Crippen molar-refractivity contribution in [2.45, 2.75) is 51.2 Å². The highest BCUT2D eigenvalue weighted by molar-refractivity contribution is 5.85. The van der Waals surface area contributed by atoms with Gasteiger partial charge >= 0.3 is 0 Å². The van der Waals surface area contributed by atoms with Crippen LogP contribution in [0.2, 0.25) is 0 Å². The van der Waals surface area contributed by atoms with Gasteiger partial charge in [-0.05, 0) is 73.5 Å². The van der Waals surface area contributed by atoms with E-state index in [9.17, 15) is 4.79 Å². The largest absolute Gasteiger partial charge is 0.353 e. The maximum atomic E-state index is 14.1. The van der Waals surface area contributed by atoms with Crippen molar-refractivity contribution in [3.05, 3.63) is 126 Å². The number of fused-ring (bicyclic) bond motifs is 1. The molecule has 1 amide bonds. The Balaban J connectivity index is 1.000. The molecule has 2 aliphatic rings. The van der Waals surface area contributed by atoms with E-state index in [4.69, 9.17) is 4.98 Å². The fourth-order valence-corrected chi connectivity index (χ4v) is 7.19. The van der Waals surface area contributed by atoms with Gasteiger partial charge < -0.3 is 19.7 Å². The number of carbonyl (C=O) groups is 1. The van der Waals surface area contributed by atoms with Gasteiger partial charge in [0.05, 0.1) is 23.0 Å². The summed E-state index contributed by atoms with van der Waals surface area (Å²) in [6.07, 6.45) is 8.46. The van der Waals surface area contributed by atoms with E-state index in [1.807, 2.05) is 30.6 Å². The van der Waals surface area contributed by atoms with Crippen molar-refractivity contribution >= 4 is 22.9 Å². The van der Waals surface area contributed by atoms with Crippen molar-refractivity contribution in [3.8, 4) is 0 Å². The molecular formula is C38H42N6O. The standard InChI is InChI=1S/C38H42N6O/c45-36-38(26-30-10-3-1-4-11-30,20-25-43(36)28-31-12-5-2-6-13-31)19-24-42-22-17-33(18-23-42)40-37-41-34-15-7-8-16-35(34)44(37)29-32-14-9-21-39-27-32/h1-16,21,27,33H,17-20,22-26,28-29H2,(H,40,41). The zero-order valence-corrected chi connectivity index (χ0v) is 25.9. The fraction of sp³-hybridized carbons (Fsp3) is 0.342. The van der Waals surface area contributed by atoms with Gasteiger partial charge in [-0.3, -0.25) is 9.78 Å². The number of piperidine rings is 1. The Morgan fingerprint density at radius 3 is 2.24 bits per heavy atom. The van der Waals surface area contributed by atoms with Gasteiger partial charge in [-0.25, -0.2) is 4.98 Å². The van der Waals surface area contributed by atoms with Crippen molar-refractivity contribution in [2.75, 3.05) is 31.5 Å². The monoisotopic (exact) mass is 598 g/mol. The number of hydrogen-bond acceptors (Lipinski definition) is 5. The molecule has 0 radical (unpaired) electrons. The molecular weight excluding hydrogens is 556 g/mol. The zero-order chi connectivity index (χ0) is 30.5. The number of pyridine rings is 1. The molecule has 2 aromatic heterocycles. The second-order valence-electron chi connectivity index (χ2n) is 12.8. The summed E-state index contributed by atoms with van der Waals surface area (Å²) in [5.74, 6) is 1.25. The van der Waals surface area contributed by atoms with Crippen LogP contribution in [0.4, 0.5) is 5.95 Å². The Hall–Kier alpha value is -4.49. The van der Waals surface area contributed by atoms with Gasteiger partial charge in [0.25, 0.3) is 0 Å². The highest BCUT2D eigenvalue weighted by Crippen LogP contribution is 2.40. The molecule has 1 N–H and O–H groups in total. The molecule has 2 aliphatic heterocycles. The molecule has 1 atom stereocenters. The van der Waals surface area contributed by atoms with Gasteiger partial charge in [0.1, 0.15) is 0 Å². The van der Waals surface area contributed by atoms with E-state index in [-0.39, 0.29) is 5.41 Å². The lowest BCUT2D eigenvalue weighted by atomic mass is 9.77.